The topological polar surface area (TPSA) is 78.9 Å². The molecule has 1 amide bonds. The Morgan fingerprint density at radius 1 is 1.62 bits per heavy atom. The van der Waals surface area contributed by atoms with Gasteiger partial charge in [-0.3, -0.25) is 4.79 Å². The lowest BCUT2D eigenvalue weighted by molar-refractivity contribution is -0.118. The van der Waals surface area contributed by atoms with Gasteiger partial charge in [-0.25, -0.2) is 0 Å². The molecule has 0 aliphatic heterocycles. The summed E-state index contributed by atoms with van der Waals surface area (Å²) in [7, 11) is 0. The van der Waals surface area contributed by atoms with Crippen LogP contribution in [0, 0.1) is 11.3 Å². The molecule has 82 valence electrons. The summed E-state index contributed by atoms with van der Waals surface area (Å²) >= 11 is 0. The zero-order valence-electron chi connectivity index (χ0n) is 9.03. The van der Waals surface area contributed by atoms with Gasteiger partial charge in [-0.15, -0.1) is 0 Å². The van der Waals surface area contributed by atoms with Crippen LogP contribution in [0.4, 0.5) is 5.69 Å². The summed E-state index contributed by atoms with van der Waals surface area (Å²) in [5, 5.41) is 11.4. The number of nitrogens with one attached hydrogen (secondary N) is 1. The molecule has 0 fully saturated rings. The van der Waals surface area contributed by atoms with Crippen LogP contribution in [0.2, 0.25) is 0 Å². The van der Waals surface area contributed by atoms with E-state index in [2.05, 4.69) is 5.32 Å². The van der Waals surface area contributed by atoms with Crippen LogP contribution in [0.5, 0.6) is 0 Å². The third-order valence-electron chi connectivity index (χ3n) is 1.98. The second kappa shape index (κ2) is 5.56. The van der Waals surface area contributed by atoms with Crippen molar-refractivity contribution in [3.8, 4) is 6.07 Å². The van der Waals surface area contributed by atoms with Gasteiger partial charge in [0.25, 0.3) is 0 Å². The molecule has 4 nitrogen and oxygen atoms in total. The summed E-state index contributed by atoms with van der Waals surface area (Å²) in [6.45, 7) is 1.91. The zero-order chi connectivity index (χ0) is 12.0. The van der Waals surface area contributed by atoms with Crippen LogP contribution in [0.3, 0.4) is 0 Å². The van der Waals surface area contributed by atoms with Crippen LogP contribution in [0.1, 0.15) is 18.1 Å². The van der Waals surface area contributed by atoms with Crippen molar-refractivity contribution in [2.75, 3.05) is 12.3 Å². The second-order valence-electron chi connectivity index (χ2n) is 3.29. The molecule has 0 unspecified atom stereocenters. The quantitative estimate of drug-likeness (QED) is 0.746. The number of nitrogens with zero attached hydrogens (tertiary/aromatic N) is 1. The van der Waals surface area contributed by atoms with E-state index in [0.717, 1.165) is 5.56 Å². The predicted molar refractivity (Wildman–Crippen MR) is 63.3 cm³/mol. The van der Waals surface area contributed by atoms with Gasteiger partial charge in [-0.2, -0.15) is 5.26 Å². The lowest BCUT2D eigenvalue weighted by Crippen LogP contribution is -2.19. The molecule has 0 atom stereocenters. The van der Waals surface area contributed by atoms with Gasteiger partial charge >= 0.3 is 0 Å². The zero-order valence-corrected chi connectivity index (χ0v) is 9.03. The number of hydrogen-bond donors (Lipinski definition) is 2. The molecule has 0 aliphatic rings. The lowest BCUT2D eigenvalue weighted by Gasteiger charge is -2.00. The number of benzene rings is 1. The predicted octanol–water partition coefficient (Wildman–Crippen LogP) is 1.29. The summed E-state index contributed by atoms with van der Waals surface area (Å²) in [4.78, 5) is 10.6. The molecule has 0 aromatic heterocycles. The molecule has 0 saturated heterocycles. The Kier molecular flexibility index (Phi) is 4.10. The molecule has 0 bridgehead atoms. The van der Waals surface area contributed by atoms with E-state index in [1.165, 1.54) is 6.92 Å². The minimum Gasteiger partial charge on any atom is -0.398 e. The molecule has 0 aliphatic carbocycles. The maximum Gasteiger partial charge on any atom is 0.217 e. The van der Waals surface area contributed by atoms with Crippen LogP contribution in [0.25, 0.3) is 6.08 Å². The molecular weight excluding hydrogens is 202 g/mol. The van der Waals surface area contributed by atoms with E-state index in [1.807, 2.05) is 6.07 Å². The van der Waals surface area contributed by atoms with Crippen molar-refractivity contribution >= 4 is 17.7 Å². The highest BCUT2D eigenvalue weighted by Crippen LogP contribution is 2.15. The van der Waals surface area contributed by atoms with Crippen molar-refractivity contribution in [2.24, 2.45) is 0 Å². The highest BCUT2D eigenvalue weighted by atomic mass is 16.1. The number of nitrogen functional groups attached to an aromatic ring is 1. The number of anilines is 1. The maximum atomic E-state index is 10.6. The average molecular weight is 215 g/mol. The third kappa shape index (κ3) is 3.46. The minimum absolute atomic E-state index is 0.0802. The van der Waals surface area contributed by atoms with Crippen molar-refractivity contribution in [3.05, 3.63) is 35.4 Å². The fourth-order valence-electron chi connectivity index (χ4n) is 1.18. The Balaban J connectivity index is 2.73. The van der Waals surface area contributed by atoms with Gasteiger partial charge in [0.2, 0.25) is 5.91 Å². The molecule has 1 rings (SSSR count). The molecule has 0 heterocycles. The SMILES string of the molecule is CC(=O)NCC=Cc1cc(C#N)ccc1N. The van der Waals surface area contributed by atoms with Crippen molar-refractivity contribution < 1.29 is 4.79 Å². The molecular formula is C12H13N3O. The molecule has 0 spiro atoms. The first-order chi connectivity index (χ1) is 7.63. The van der Waals surface area contributed by atoms with Crippen molar-refractivity contribution in [3.63, 3.8) is 0 Å². The smallest absolute Gasteiger partial charge is 0.217 e. The average Bonchev–Trinajstić information content (AvgIpc) is 2.26. The van der Waals surface area contributed by atoms with E-state index in [1.54, 1.807) is 30.4 Å². The van der Waals surface area contributed by atoms with Crippen molar-refractivity contribution in [2.45, 2.75) is 6.92 Å². The van der Waals surface area contributed by atoms with E-state index in [9.17, 15) is 4.79 Å². The number of amides is 1. The monoisotopic (exact) mass is 215 g/mol. The maximum absolute atomic E-state index is 10.6. The summed E-state index contributed by atoms with van der Waals surface area (Å²) < 4.78 is 0. The van der Waals surface area contributed by atoms with Crippen LogP contribution >= 0.6 is 0 Å². The van der Waals surface area contributed by atoms with Crippen molar-refractivity contribution in [1.82, 2.24) is 5.32 Å². The molecule has 0 radical (unpaired) electrons. The number of carbonyl (C=O) groups excluding carboxylic acids is 1. The Bertz CT molecular complexity index is 458. The highest BCUT2D eigenvalue weighted by molar-refractivity contribution is 5.73. The van der Waals surface area contributed by atoms with Gasteiger partial charge in [0.05, 0.1) is 11.6 Å². The van der Waals surface area contributed by atoms with Crippen LogP contribution in [-0.2, 0) is 4.79 Å². The fraction of sp³-hybridized carbons (Fsp3) is 0.167. The van der Waals surface area contributed by atoms with Gasteiger partial charge in [-0.05, 0) is 23.8 Å². The lowest BCUT2D eigenvalue weighted by atomic mass is 10.1. The van der Waals surface area contributed by atoms with Gasteiger partial charge < -0.3 is 11.1 Å². The molecule has 16 heavy (non-hydrogen) atoms. The number of hydrogen-bond acceptors (Lipinski definition) is 3. The third-order valence-corrected chi connectivity index (χ3v) is 1.98. The molecule has 3 N–H and O–H groups in total. The molecule has 0 saturated carbocycles. The fourth-order valence-corrected chi connectivity index (χ4v) is 1.18. The van der Waals surface area contributed by atoms with Gasteiger partial charge in [0, 0.05) is 19.2 Å². The first-order valence-electron chi connectivity index (χ1n) is 4.84. The first-order valence-corrected chi connectivity index (χ1v) is 4.84. The largest absolute Gasteiger partial charge is 0.398 e. The van der Waals surface area contributed by atoms with E-state index >= 15 is 0 Å². The molecule has 1 aromatic carbocycles. The summed E-state index contributed by atoms with van der Waals surface area (Å²) in [6, 6.07) is 7.11. The number of carbonyl (C=O) groups is 1. The van der Waals surface area contributed by atoms with E-state index in [4.69, 9.17) is 11.0 Å². The van der Waals surface area contributed by atoms with Crippen molar-refractivity contribution in [1.29, 1.82) is 5.26 Å². The Labute approximate surface area is 94.4 Å². The number of rotatable bonds is 3. The Morgan fingerprint density at radius 3 is 3.00 bits per heavy atom. The Hall–Kier alpha value is -2.28. The molecule has 1 aromatic rings. The van der Waals surface area contributed by atoms with Gasteiger partial charge in [0.1, 0.15) is 0 Å². The van der Waals surface area contributed by atoms with Crippen LogP contribution in [0.15, 0.2) is 24.3 Å². The standard InChI is InChI=1S/C12H13N3O/c1-9(16)15-6-2-3-11-7-10(8-13)4-5-12(11)14/h2-5,7H,6,14H2,1H3,(H,15,16). The van der Waals surface area contributed by atoms with E-state index in [0.29, 0.717) is 17.8 Å². The number of nitriles is 1. The summed E-state index contributed by atoms with van der Waals surface area (Å²) in [5.74, 6) is -0.0802. The normalized spacial score (nSPS) is 10.0. The second-order valence-corrected chi connectivity index (χ2v) is 3.29. The van der Waals surface area contributed by atoms with E-state index < -0.39 is 0 Å². The van der Waals surface area contributed by atoms with Crippen LogP contribution < -0.4 is 11.1 Å². The van der Waals surface area contributed by atoms with Gasteiger partial charge in [-0.1, -0.05) is 12.2 Å². The summed E-state index contributed by atoms with van der Waals surface area (Å²) in [5.41, 5.74) is 7.69. The first kappa shape index (κ1) is 11.8. The summed E-state index contributed by atoms with van der Waals surface area (Å²) in [6.07, 6.45) is 3.57. The number of nitrogens with two attached hydrogens (primary N) is 1. The Morgan fingerprint density at radius 2 is 2.38 bits per heavy atom. The van der Waals surface area contributed by atoms with Crippen LogP contribution in [-0.4, -0.2) is 12.5 Å². The minimum atomic E-state index is -0.0802. The van der Waals surface area contributed by atoms with E-state index in [-0.39, 0.29) is 5.91 Å². The highest BCUT2D eigenvalue weighted by Gasteiger charge is 1.96. The molecule has 4 heteroatoms. The van der Waals surface area contributed by atoms with Gasteiger partial charge in [0.15, 0.2) is 0 Å².